The van der Waals surface area contributed by atoms with Gasteiger partial charge >= 0.3 is 0 Å². The third-order valence-corrected chi connectivity index (χ3v) is 2.90. The molecule has 0 amide bonds. The van der Waals surface area contributed by atoms with Crippen LogP contribution in [-0.2, 0) is 0 Å². The molecular weight excluding hydrogens is 212 g/mol. The van der Waals surface area contributed by atoms with Crippen molar-refractivity contribution in [1.82, 2.24) is 0 Å². The highest BCUT2D eigenvalue weighted by molar-refractivity contribution is 5.49. The van der Waals surface area contributed by atoms with E-state index >= 15 is 0 Å². The van der Waals surface area contributed by atoms with Crippen molar-refractivity contribution < 1.29 is 13.9 Å². The Hall–Kier alpha value is -1.16. The van der Waals surface area contributed by atoms with Gasteiger partial charge in [0.15, 0.2) is 0 Å². The average Bonchev–Trinajstić information content (AvgIpc) is 2.20. The lowest BCUT2D eigenvalue weighted by Crippen LogP contribution is -2.42. The van der Waals surface area contributed by atoms with Crippen molar-refractivity contribution in [3.63, 3.8) is 0 Å². The molecule has 0 fully saturated rings. The number of benzene rings is 1. The average molecular weight is 229 g/mol. The van der Waals surface area contributed by atoms with Crippen LogP contribution in [0.25, 0.3) is 0 Å². The van der Waals surface area contributed by atoms with Crippen molar-refractivity contribution in [3.05, 3.63) is 29.8 Å². The predicted molar refractivity (Wildman–Crippen MR) is 60.5 cm³/mol. The van der Waals surface area contributed by atoms with Gasteiger partial charge in [0.2, 0.25) is 0 Å². The van der Waals surface area contributed by atoms with Crippen LogP contribution in [0.2, 0.25) is 0 Å². The number of hydrogen-bond donors (Lipinski definition) is 1. The Balaban J connectivity index is 3.03. The molecule has 0 saturated carbocycles. The van der Waals surface area contributed by atoms with Crippen LogP contribution in [0.3, 0.4) is 0 Å². The van der Waals surface area contributed by atoms with E-state index in [1.54, 1.807) is 11.9 Å². The molecule has 0 radical (unpaired) electrons. The molecule has 0 unspecified atom stereocenters. The first-order valence-electron chi connectivity index (χ1n) is 5.18. The number of rotatable bonds is 4. The van der Waals surface area contributed by atoms with Crippen LogP contribution in [0.5, 0.6) is 0 Å². The molecule has 0 saturated heterocycles. The molecule has 0 bridgehead atoms. The largest absolute Gasteiger partial charge is 0.396 e. The van der Waals surface area contributed by atoms with Gasteiger partial charge < -0.3 is 10.0 Å². The molecule has 0 aromatic heterocycles. The standard InChI is InChI=1S/C12H17F2NO/c1-12(2,6-7-16)15(3)11-8-9(13)4-5-10(11)14/h4-5,8,16H,6-7H2,1-3H3. The zero-order valence-corrected chi connectivity index (χ0v) is 9.80. The molecule has 1 aromatic rings. The Kier molecular flexibility index (Phi) is 3.86. The monoisotopic (exact) mass is 229 g/mol. The number of anilines is 1. The SMILES string of the molecule is CN(c1cc(F)ccc1F)C(C)(C)CCO. The highest BCUT2D eigenvalue weighted by Gasteiger charge is 2.25. The lowest BCUT2D eigenvalue weighted by Gasteiger charge is -2.37. The topological polar surface area (TPSA) is 23.5 Å². The second-order valence-corrected chi connectivity index (χ2v) is 4.44. The van der Waals surface area contributed by atoms with Crippen LogP contribution in [0.4, 0.5) is 14.5 Å². The van der Waals surface area contributed by atoms with Crippen molar-refractivity contribution in [3.8, 4) is 0 Å². The van der Waals surface area contributed by atoms with E-state index in [0.717, 1.165) is 18.2 Å². The molecule has 1 N–H and O–H groups in total. The summed E-state index contributed by atoms with van der Waals surface area (Å²) < 4.78 is 26.6. The minimum absolute atomic E-state index is 0.00821. The van der Waals surface area contributed by atoms with Crippen LogP contribution < -0.4 is 4.90 Å². The van der Waals surface area contributed by atoms with Crippen LogP contribution in [-0.4, -0.2) is 24.3 Å². The zero-order chi connectivity index (χ0) is 12.3. The Morgan fingerprint density at radius 2 is 1.94 bits per heavy atom. The number of hydrogen-bond acceptors (Lipinski definition) is 2. The minimum atomic E-state index is -0.469. The summed E-state index contributed by atoms with van der Waals surface area (Å²) in [4.78, 5) is 1.64. The Labute approximate surface area is 94.5 Å². The Morgan fingerprint density at radius 1 is 1.31 bits per heavy atom. The van der Waals surface area contributed by atoms with Gasteiger partial charge in [-0.2, -0.15) is 0 Å². The number of aliphatic hydroxyl groups excluding tert-OH is 1. The molecular formula is C12H17F2NO. The maximum absolute atomic E-state index is 13.5. The van der Waals surface area contributed by atoms with Gasteiger partial charge in [-0.1, -0.05) is 0 Å². The first-order valence-corrected chi connectivity index (χ1v) is 5.18. The van der Waals surface area contributed by atoms with E-state index in [0.29, 0.717) is 6.42 Å². The summed E-state index contributed by atoms with van der Waals surface area (Å²) in [7, 11) is 1.69. The Morgan fingerprint density at radius 3 is 2.50 bits per heavy atom. The van der Waals surface area contributed by atoms with E-state index < -0.39 is 17.2 Å². The second-order valence-electron chi connectivity index (χ2n) is 4.44. The first-order chi connectivity index (χ1) is 7.38. The van der Waals surface area contributed by atoms with Crippen molar-refractivity contribution >= 4 is 5.69 Å². The number of nitrogens with zero attached hydrogens (tertiary/aromatic N) is 1. The van der Waals surface area contributed by atoms with Crippen LogP contribution in [0, 0.1) is 11.6 Å². The highest BCUT2D eigenvalue weighted by atomic mass is 19.1. The van der Waals surface area contributed by atoms with Gasteiger partial charge in [0.05, 0.1) is 5.69 Å². The molecule has 0 spiro atoms. The second kappa shape index (κ2) is 4.78. The van der Waals surface area contributed by atoms with Gasteiger partial charge in [-0.3, -0.25) is 0 Å². The molecule has 0 aliphatic heterocycles. The van der Waals surface area contributed by atoms with E-state index in [1.807, 2.05) is 13.8 Å². The third-order valence-electron chi connectivity index (χ3n) is 2.90. The Bertz CT molecular complexity index is 366. The smallest absolute Gasteiger partial charge is 0.146 e. The number of aliphatic hydroxyl groups is 1. The van der Waals surface area contributed by atoms with Crippen LogP contribution >= 0.6 is 0 Å². The van der Waals surface area contributed by atoms with Crippen molar-refractivity contribution in [2.45, 2.75) is 25.8 Å². The molecule has 0 aliphatic rings. The third kappa shape index (κ3) is 2.70. The molecule has 1 rings (SSSR count). The minimum Gasteiger partial charge on any atom is -0.396 e. The summed E-state index contributed by atoms with van der Waals surface area (Å²) in [5.41, 5.74) is -0.220. The van der Waals surface area contributed by atoms with Crippen molar-refractivity contribution in [2.24, 2.45) is 0 Å². The van der Waals surface area contributed by atoms with Gasteiger partial charge in [-0.15, -0.1) is 0 Å². The van der Waals surface area contributed by atoms with Gasteiger partial charge in [0.25, 0.3) is 0 Å². The molecule has 4 heteroatoms. The van der Waals surface area contributed by atoms with E-state index in [1.165, 1.54) is 0 Å². The molecule has 90 valence electrons. The summed E-state index contributed by atoms with van der Waals surface area (Å²) in [6.45, 7) is 3.75. The lowest BCUT2D eigenvalue weighted by molar-refractivity contribution is 0.250. The molecule has 0 atom stereocenters. The van der Waals surface area contributed by atoms with Crippen LogP contribution in [0.1, 0.15) is 20.3 Å². The molecule has 2 nitrogen and oxygen atoms in total. The number of halogens is 2. The molecule has 0 aliphatic carbocycles. The maximum Gasteiger partial charge on any atom is 0.146 e. The van der Waals surface area contributed by atoms with Crippen molar-refractivity contribution in [2.75, 3.05) is 18.6 Å². The van der Waals surface area contributed by atoms with E-state index in [9.17, 15) is 8.78 Å². The lowest BCUT2D eigenvalue weighted by atomic mass is 9.98. The maximum atomic E-state index is 13.5. The zero-order valence-electron chi connectivity index (χ0n) is 9.80. The quantitative estimate of drug-likeness (QED) is 0.857. The molecule has 0 heterocycles. The van der Waals surface area contributed by atoms with E-state index in [2.05, 4.69) is 0 Å². The van der Waals surface area contributed by atoms with E-state index in [-0.39, 0.29) is 12.3 Å². The van der Waals surface area contributed by atoms with Crippen molar-refractivity contribution in [1.29, 1.82) is 0 Å². The summed E-state index contributed by atoms with van der Waals surface area (Å²) in [6.07, 6.45) is 0.486. The van der Waals surface area contributed by atoms with Gasteiger partial charge in [-0.25, -0.2) is 8.78 Å². The summed E-state index contributed by atoms with van der Waals surface area (Å²) in [5.74, 6) is -0.932. The molecule has 16 heavy (non-hydrogen) atoms. The normalized spacial score (nSPS) is 11.6. The highest BCUT2D eigenvalue weighted by Crippen LogP contribution is 2.27. The van der Waals surface area contributed by atoms with Gasteiger partial charge in [-0.05, 0) is 32.4 Å². The molecule has 1 aromatic carbocycles. The first kappa shape index (κ1) is 12.9. The summed E-state index contributed by atoms with van der Waals surface area (Å²) in [6, 6.07) is 3.36. The summed E-state index contributed by atoms with van der Waals surface area (Å²) >= 11 is 0. The fraction of sp³-hybridized carbons (Fsp3) is 0.500. The fourth-order valence-electron chi connectivity index (χ4n) is 1.51. The van der Waals surface area contributed by atoms with Gasteiger partial charge in [0, 0.05) is 25.3 Å². The predicted octanol–water partition coefficient (Wildman–Crippen LogP) is 2.56. The van der Waals surface area contributed by atoms with Gasteiger partial charge in [0.1, 0.15) is 11.6 Å². The van der Waals surface area contributed by atoms with Crippen LogP contribution in [0.15, 0.2) is 18.2 Å². The summed E-state index contributed by atoms with van der Waals surface area (Å²) in [5, 5.41) is 8.93. The van der Waals surface area contributed by atoms with E-state index in [4.69, 9.17) is 5.11 Å². The fourth-order valence-corrected chi connectivity index (χ4v) is 1.51.